The maximum absolute atomic E-state index is 13.3. The minimum atomic E-state index is -0.605. The number of rotatable bonds is 6. The molecule has 0 bridgehead atoms. The zero-order valence-electron chi connectivity index (χ0n) is 16.1. The lowest BCUT2D eigenvalue weighted by Gasteiger charge is -2.05. The van der Waals surface area contributed by atoms with Crippen LogP contribution >= 0.6 is 22.9 Å². The second-order valence-corrected chi connectivity index (χ2v) is 7.91. The zero-order valence-corrected chi connectivity index (χ0v) is 17.6. The summed E-state index contributed by atoms with van der Waals surface area (Å²) in [6.07, 6.45) is 3.13. The van der Waals surface area contributed by atoms with Crippen molar-refractivity contribution >= 4 is 45.0 Å². The standard InChI is InChI=1S/C21H20ClFN2O3S/c1-3-4-5-13-6-9-17-18(10-13)29-21(25(17)12-19(26)28-2)24-20(27)15-8-7-14(23)11-16(15)22/h6-11H,3-5,12H2,1-2H3. The molecule has 0 N–H and O–H groups in total. The van der Waals surface area contributed by atoms with Crippen LogP contribution in [0.1, 0.15) is 35.7 Å². The third-order valence-electron chi connectivity index (χ3n) is 4.44. The molecule has 1 amide bonds. The molecule has 1 aromatic heterocycles. The van der Waals surface area contributed by atoms with Crippen molar-refractivity contribution in [3.63, 3.8) is 0 Å². The van der Waals surface area contributed by atoms with Crippen LogP contribution in [0.25, 0.3) is 10.2 Å². The number of nitrogens with zero attached hydrogens (tertiary/aromatic N) is 2. The van der Waals surface area contributed by atoms with Crippen LogP contribution in [0.5, 0.6) is 0 Å². The van der Waals surface area contributed by atoms with E-state index in [9.17, 15) is 14.0 Å². The molecule has 0 saturated carbocycles. The van der Waals surface area contributed by atoms with Gasteiger partial charge < -0.3 is 9.30 Å². The lowest BCUT2D eigenvalue weighted by molar-refractivity contribution is -0.141. The van der Waals surface area contributed by atoms with E-state index in [0.29, 0.717) is 4.80 Å². The molecular formula is C21H20ClFN2O3S. The van der Waals surface area contributed by atoms with Crippen LogP contribution in [0.3, 0.4) is 0 Å². The average molecular weight is 435 g/mol. The molecule has 0 unspecified atom stereocenters. The molecular weight excluding hydrogens is 415 g/mol. The lowest BCUT2D eigenvalue weighted by atomic mass is 10.1. The summed E-state index contributed by atoms with van der Waals surface area (Å²) in [4.78, 5) is 29.1. The van der Waals surface area contributed by atoms with E-state index < -0.39 is 17.7 Å². The van der Waals surface area contributed by atoms with Gasteiger partial charge in [0, 0.05) is 0 Å². The molecule has 8 heteroatoms. The number of amides is 1. The number of carbonyl (C=O) groups excluding carboxylic acids is 2. The van der Waals surface area contributed by atoms with E-state index >= 15 is 0 Å². The molecule has 0 radical (unpaired) electrons. The Kier molecular flexibility index (Phi) is 6.82. The minimum Gasteiger partial charge on any atom is -0.468 e. The Balaban J connectivity index is 2.10. The quantitative estimate of drug-likeness (QED) is 0.526. The van der Waals surface area contributed by atoms with Crippen LogP contribution in [0.4, 0.5) is 4.39 Å². The number of esters is 1. The van der Waals surface area contributed by atoms with E-state index in [0.717, 1.165) is 41.6 Å². The molecule has 0 spiro atoms. The summed E-state index contributed by atoms with van der Waals surface area (Å²) in [5.74, 6) is -1.59. The maximum Gasteiger partial charge on any atom is 0.325 e. The molecule has 3 rings (SSSR count). The summed E-state index contributed by atoms with van der Waals surface area (Å²) < 4.78 is 20.6. The maximum atomic E-state index is 13.3. The second kappa shape index (κ2) is 9.33. The first kappa shape index (κ1) is 21.2. The van der Waals surface area contributed by atoms with Crippen LogP contribution in [-0.4, -0.2) is 23.6 Å². The summed E-state index contributed by atoms with van der Waals surface area (Å²) in [6, 6.07) is 9.51. The summed E-state index contributed by atoms with van der Waals surface area (Å²) in [6.45, 7) is 2.06. The molecule has 29 heavy (non-hydrogen) atoms. The Morgan fingerprint density at radius 2 is 2.03 bits per heavy atom. The predicted octanol–water partition coefficient (Wildman–Crippen LogP) is 4.75. The fourth-order valence-corrected chi connectivity index (χ4v) is 4.24. The molecule has 0 aliphatic rings. The molecule has 0 aliphatic heterocycles. The monoisotopic (exact) mass is 434 g/mol. The Labute approximate surface area is 176 Å². The van der Waals surface area contributed by atoms with Crippen LogP contribution < -0.4 is 4.80 Å². The van der Waals surface area contributed by atoms with Gasteiger partial charge in [0.1, 0.15) is 12.4 Å². The van der Waals surface area contributed by atoms with Gasteiger partial charge in [-0.25, -0.2) is 4.39 Å². The highest BCUT2D eigenvalue weighted by molar-refractivity contribution is 7.16. The smallest absolute Gasteiger partial charge is 0.325 e. The van der Waals surface area contributed by atoms with E-state index in [2.05, 4.69) is 18.0 Å². The number of ether oxygens (including phenoxy) is 1. The highest BCUT2D eigenvalue weighted by Crippen LogP contribution is 2.22. The summed E-state index contributed by atoms with van der Waals surface area (Å²) in [5, 5.41) is -0.0127. The average Bonchev–Trinajstić information content (AvgIpc) is 3.02. The predicted molar refractivity (Wildman–Crippen MR) is 112 cm³/mol. The second-order valence-electron chi connectivity index (χ2n) is 6.49. The van der Waals surface area contributed by atoms with Gasteiger partial charge in [-0.05, 0) is 48.7 Å². The van der Waals surface area contributed by atoms with Gasteiger partial charge in [-0.2, -0.15) is 4.99 Å². The number of halogens is 2. The number of aromatic nitrogens is 1. The van der Waals surface area contributed by atoms with Crippen molar-refractivity contribution in [2.45, 2.75) is 32.7 Å². The molecule has 1 heterocycles. The fourth-order valence-electron chi connectivity index (χ4n) is 2.90. The number of aryl methyl sites for hydroxylation is 1. The van der Waals surface area contributed by atoms with Crippen molar-refractivity contribution in [2.75, 3.05) is 7.11 Å². The number of unbranched alkanes of at least 4 members (excludes halogenated alkanes) is 1. The van der Waals surface area contributed by atoms with E-state index in [1.165, 1.54) is 30.1 Å². The number of thiazole rings is 1. The molecule has 152 valence electrons. The number of methoxy groups -OCH3 is 1. The number of benzene rings is 2. The first-order valence-corrected chi connectivity index (χ1v) is 10.4. The molecule has 0 atom stereocenters. The summed E-state index contributed by atoms with van der Waals surface area (Å²) >= 11 is 7.29. The largest absolute Gasteiger partial charge is 0.468 e. The number of hydrogen-bond acceptors (Lipinski definition) is 4. The molecule has 0 fully saturated rings. The number of hydrogen-bond donors (Lipinski definition) is 0. The molecule has 3 aromatic rings. The highest BCUT2D eigenvalue weighted by atomic mass is 35.5. The van der Waals surface area contributed by atoms with Gasteiger partial charge in [0.25, 0.3) is 5.91 Å². The van der Waals surface area contributed by atoms with Gasteiger partial charge in [0.2, 0.25) is 0 Å². The van der Waals surface area contributed by atoms with Gasteiger partial charge in [0.15, 0.2) is 4.80 Å². The highest BCUT2D eigenvalue weighted by Gasteiger charge is 2.15. The van der Waals surface area contributed by atoms with E-state index in [4.69, 9.17) is 16.3 Å². The van der Waals surface area contributed by atoms with E-state index in [1.54, 1.807) is 4.57 Å². The van der Waals surface area contributed by atoms with Gasteiger partial charge in [-0.15, -0.1) is 0 Å². The van der Waals surface area contributed by atoms with Crippen molar-refractivity contribution < 1.29 is 18.7 Å². The number of carbonyl (C=O) groups is 2. The Morgan fingerprint density at radius 1 is 1.24 bits per heavy atom. The van der Waals surface area contributed by atoms with E-state index in [1.807, 2.05) is 12.1 Å². The SMILES string of the molecule is CCCCc1ccc2c(c1)sc(=NC(=O)c1ccc(F)cc1Cl)n2CC(=O)OC. The van der Waals surface area contributed by atoms with Crippen LogP contribution in [0, 0.1) is 5.82 Å². The lowest BCUT2D eigenvalue weighted by Crippen LogP contribution is -2.22. The Hall–Kier alpha value is -2.51. The molecule has 5 nitrogen and oxygen atoms in total. The fraction of sp³-hybridized carbons (Fsp3) is 0.286. The number of fused-ring (bicyclic) bond motifs is 1. The summed E-state index contributed by atoms with van der Waals surface area (Å²) in [7, 11) is 1.31. The van der Waals surface area contributed by atoms with Crippen molar-refractivity contribution in [1.82, 2.24) is 4.57 Å². The van der Waals surface area contributed by atoms with Gasteiger partial charge in [-0.3, -0.25) is 9.59 Å². The zero-order chi connectivity index (χ0) is 21.0. The van der Waals surface area contributed by atoms with Crippen LogP contribution in [-0.2, 0) is 22.5 Å². The first-order valence-electron chi connectivity index (χ1n) is 9.16. The Morgan fingerprint density at radius 3 is 2.72 bits per heavy atom. The van der Waals surface area contributed by atoms with Crippen molar-refractivity contribution in [2.24, 2.45) is 4.99 Å². The normalized spacial score (nSPS) is 11.8. The minimum absolute atomic E-state index is 0.0127. The van der Waals surface area contributed by atoms with E-state index in [-0.39, 0.29) is 17.1 Å². The van der Waals surface area contributed by atoms with Gasteiger partial charge in [-0.1, -0.05) is 42.3 Å². The molecule has 0 aliphatic carbocycles. The van der Waals surface area contributed by atoms with Crippen LogP contribution in [0.2, 0.25) is 5.02 Å². The van der Waals surface area contributed by atoms with Crippen molar-refractivity contribution in [3.05, 3.63) is 63.2 Å². The van der Waals surface area contributed by atoms with Gasteiger partial charge >= 0.3 is 5.97 Å². The molecule has 0 saturated heterocycles. The Bertz CT molecular complexity index is 1140. The van der Waals surface area contributed by atoms with Crippen molar-refractivity contribution in [1.29, 1.82) is 0 Å². The third-order valence-corrected chi connectivity index (χ3v) is 5.79. The van der Waals surface area contributed by atoms with Gasteiger partial charge in [0.05, 0.1) is 27.9 Å². The first-order chi connectivity index (χ1) is 13.9. The topological polar surface area (TPSA) is 60.7 Å². The van der Waals surface area contributed by atoms with Crippen molar-refractivity contribution in [3.8, 4) is 0 Å². The summed E-state index contributed by atoms with van der Waals surface area (Å²) in [5.41, 5.74) is 2.07. The molecule has 2 aromatic carbocycles. The van der Waals surface area contributed by atoms with Crippen LogP contribution in [0.15, 0.2) is 41.4 Å². The third kappa shape index (κ3) is 4.92.